The summed E-state index contributed by atoms with van der Waals surface area (Å²) in [6.45, 7) is 0.615. The summed E-state index contributed by atoms with van der Waals surface area (Å²) in [7, 11) is 0. The molecule has 7 heteroatoms. The van der Waals surface area contributed by atoms with Gasteiger partial charge in [-0.25, -0.2) is 9.59 Å². The number of nitrogens with zero attached hydrogens (tertiary/aromatic N) is 2. The first-order valence-corrected chi connectivity index (χ1v) is 7.94. The van der Waals surface area contributed by atoms with E-state index in [4.69, 9.17) is 0 Å². The number of likely N-dealkylation sites (tertiary alicyclic amines) is 1. The number of aliphatic carboxylic acids is 1. The highest BCUT2D eigenvalue weighted by atomic mass is 32.1. The number of aliphatic hydroxyl groups excluding tert-OH is 1. The molecule has 2 N–H and O–H groups in total. The van der Waals surface area contributed by atoms with Crippen LogP contribution in [0, 0.1) is 0 Å². The molecule has 2 fully saturated rings. The Hall–Kier alpha value is -1.60. The van der Waals surface area contributed by atoms with E-state index in [-0.39, 0.29) is 25.0 Å². The molecule has 1 saturated carbocycles. The van der Waals surface area contributed by atoms with Gasteiger partial charge in [0.15, 0.2) is 0 Å². The molecule has 2 amide bonds. The highest BCUT2D eigenvalue weighted by molar-refractivity contribution is 7.09. The quantitative estimate of drug-likeness (QED) is 0.879. The van der Waals surface area contributed by atoms with E-state index in [0.717, 1.165) is 17.7 Å². The largest absolute Gasteiger partial charge is 0.480 e. The fourth-order valence-electron chi connectivity index (χ4n) is 2.73. The molecular formula is C14H18N2O4S. The smallest absolute Gasteiger partial charge is 0.326 e. The van der Waals surface area contributed by atoms with Gasteiger partial charge in [-0.3, -0.25) is 0 Å². The van der Waals surface area contributed by atoms with Crippen molar-refractivity contribution in [2.75, 3.05) is 6.54 Å². The summed E-state index contributed by atoms with van der Waals surface area (Å²) >= 11 is 1.59. The minimum atomic E-state index is -1.05. The summed E-state index contributed by atoms with van der Waals surface area (Å²) < 4.78 is 0. The van der Waals surface area contributed by atoms with E-state index in [1.807, 2.05) is 17.5 Å². The second-order valence-electron chi connectivity index (χ2n) is 5.62. The maximum Gasteiger partial charge on any atom is 0.326 e. The van der Waals surface area contributed by atoms with Crippen LogP contribution in [0.15, 0.2) is 17.5 Å². The van der Waals surface area contributed by atoms with Crippen LogP contribution in [0.4, 0.5) is 4.79 Å². The molecule has 0 bridgehead atoms. The molecule has 2 heterocycles. The number of urea groups is 1. The Kier molecular flexibility index (Phi) is 3.86. The van der Waals surface area contributed by atoms with Crippen molar-refractivity contribution < 1.29 is 19.8 Å². The fourth-order valence-corrected chi connectivity index (χ4v) is 3.44. The molecule has 3 rings (SSSR count). The number of rotatable bonds is 4. The zero-order valence-electron chi connectivity index (χ0n) is 11.5. The minimum absolute atomic E-state index is 0.101. The predicted octanol–water partition coefficient (Wildman–Crippen LogP) is 1.35. The van der Waals surface area contributed by atoms with Gasteiger partial charge < -0.3 is 20.0 Å². The predicted molar refractivity (Wildman–Crippen MR) is 77.0 cm³/mol. The van der Waals surface area contributed by atoms with Crippen LogP contribution < -0.4 is 0 Å². The summed E-state index contributed by atoms with van der Waals surface area (Å²) in [6.07, 6.45) is 1.28. The van der Waals surface area contributed by atoms with Crippen molar-refractivity contribution in [1.82, 2.24) is 9.80 Å². The monoisotopic (exact) mass is 310 g/mol. The van der Waals surface area contributed by atoms with Crippen LogP contribution in [0.5, 0.6) is 0 Å². The van der Waals surface area contributed by atoms with Gasteiger partial charge in [0, 0.05) is 23.9 Å². The SMILES string of the molecule is O=C(O)[C@@H]1CC(O)CN1C(=O)N(Cc1cccs1)C1CC1. The molecule has 0 radical (unpaired) electrons. The van der Waals surface area contributed by atoms with E-state index >= 15 is 0 Å². The highest BCUT2D eigenvalue weighted by Crippen LogP contribution is 2.32. The van der Waals surface area contributed by atoms with Crippen LogP contribution in [0.2, 0.25) is 0 Å². The zero-order valence-corrected chi connectivity index (χ0v) is 12.3. The van der Waals surface area contributed by atoms with Crippen molar-refractivity contribution in [3.63, 3.8) is 0 Å². The average Bonchev–Trinajstić information content (AvgIpc) is 2.99. The van der Waals surface area contributed by atoms with E-state index in [1.165, 1.54) is 4.90 Å². The lowest BCUT2D eigenvalue weighted by Crippen LogP contribution is -2.48. The molecule has 1 aromatic heterocycles. The second-order valence-corrected chi connectivity index (χ2v) is 6.65. The lowest BCUT2D eigenvalue weighted by molar-refractivity contribution is -0.141. The van der Waals surface area contributed by atoms with Crippen LogP contribution >= 0.6 is 11.3 Å². The Balaban J connectivity index is 1.75. The van der Waals surface area contributed by atoms with Crippen molar-refractivity contribution in [3.8, 4) is 0 Å². The van der Waals surface area contributed by atoms with E-state index in [9.17, 15) is 19.8 Å². The lowest BCUT2D eigenvalue weighted by Gasteiger charge is -2.30. The number of carbonyl (C=O) groups excluding carboxylic acids is 1. The molecule has 0 spiro atoms. The Morgan fingerprint density at radius 3 is 2.76 bits per heavy atom. The maximum atomic E-state index is 12.7. The third-order valence-electron chi connectivity index (χ3n) is 3.95. The van der Waals surface area contributed by atoms with Gasteiger partial charge in [-0.15, -0.1) is 11.3 Å². The first-order valence-electron chi connectivity index (χ1n) is 7.06. The third kappa shape index (κ3) is 3.03. The lowest BCUT2D eigenvalue weighted by atomic mass is 10.2. The summed E-state index contributed by atoms with van der Waals surface area (Å²) in [5.74, 6) is -1.05. The van der Waals surface area contributed by atoms with Gasteiger partial charge in [-0.2, -0.15) is 0 Å². The van der Waals surface area contributed by atoms with Gasteiger partial charge in [-0.1, -0.05) is 6.07 Å². The second kappa shape index (κ2) is 5.65. The molecule has 1 unspecified atom stereocenters. The number of β-amino-alcohol motifs (C(OH)–C–C–N with tert-alkyl or cyclic N) is 1. The first kappa shape index (κ1) is 14.3. The molecule has 1 aliphatic carbocycles. The summed E-state index contributed by atoms with van der Waals surface area (Å²) in [6, 6.07) is 2.93. The Labute approximate surface area is 126 Å². The number of thiophene rings is 1. The van der Waals surface area contributed by atoms with Gasteiger partial charge >= 0.3 is 12.0 Å². The van der Waals surface area contributed by atoms with E-state index in [0.29, 0.717) is 6.54 Å². The number of hydrogen-bond donors (Lipinski definition) is 2. The molecule has 21 heavy (non-hydrogen) atoms. The molecule has 2 aliphatic rings. The molecule has 6 nitrogen and oxygen atoms in total. The Morgan fingerprint density at radius 2 is 2.19 bits per heavy atom. The van der Waals surface area contributed by atoms with Crippen molar-refractivity contribution in [3.05, 3.63) is 22.4 Å². The zero-order chi connectivity index (χ0) is 15.0. The normalized spacial score (nSPS) is 25.1. The Morgan fingerprint density at radius 1 is 1.43 bits per heavy atom. The highest BCUT2D eigenvalue weighted by Gasteiger charge is 2.43. The van der Waals surface area contributed by atoms with Gasteiger partial charge in [0.05, 0.1) is 12.6 Å². The molecule has 1 aromatic rings. The first-order chi connectivity index (χ1) is 10.1. The molecule has 1 aliphatic heterocycles. The van der Waals surface area contributed by atoms with Crippen molar-refractivity contribution in [2.45, 2.75) is 44.0 Å². The van der Waals surface area contributed by atoms with E-state index in [2.05, 4.69) is 0 Å². The minimum Gasteiger partial charge on any atom is -0.480 e. The molecule has 0 aromatic carbocycles. The molecule has 2 atom stereocenters. The molecule has 114 valence electrons. The average molecular weight is 310 g/mol. The topological polar surface area (TPSA) is 81.1 Å². The standard InChI is InChI=1S/C14H18N2O4S/c17-10-6-12(13(18)19)16(7-10)14(20)15(9-3-4-9)8-11-2-1-5-21-11/h1-2,5,9-10,12,17H,3-4,6-8H2,(H,18,19)/t10?,12-/m0/s1. The number of carbonyl (C=O) groups is 2. The number of aliphatic hydroxyl groups is 1. The van der Waals surface area contributed by atoms with Gasteiger partial charge in [-0.05, 0) is 24.3 Å². The van der Waals surface area contributed by atoms with Crippen molar-refractivity contribution >= 4 is 23.3 Å². The number of carboxylic acids is 1. The maximum absolute atomic E-state index is 12.7. The van der Waals surface area contributed by atoms with Crippen molar-refractivity contribution in [1.29, 1.82) is 0 Å². The van der Waals surface area contributed by atoms with Crippen molar-refractivity contribution in [2.24, 2.45) is 0 Å². The number of carboxylic acid groups (broad SMARTS) is 1. The number of hydrogen-bond acceptors (Lipinski definition) is 4. The van der Waals surface area contributed by atoms with E-state index in [1.54, 1.807) is 16.2 Å². The van der Waals surface area contributed by atoms with Gasteiger partial charge in [0.2, 0.25) is 0 Å². The molecule has 1 saturated heterocycles. The van der Waals surface area contributed by atoms with Gasteiger partial charge in [0.1, 0.15) is 6.04 Å². The third-order valence-corrected chi connectivity index (χ3v) is 4.81. The van der Waals surface area contributed by atoms with Crippen LogP contribution in [0.3, 0.4) is 0 Å². The Bertz CT molecular complexity index is 529. The fraction of sp³-hybridized carbons (Fsp3) is 0.571. The summed E-state index contributed by atoms with van der Waals surface area (Å²) in [5, 5.41) is 20.9. The van der Waals surface area contributed by atoms with Crippen LogP contribution in [-0.2, 0) is 11.3 Å². The van der Waals surface area contributed by atoms with Crippen LogP contribution in [0.1, 0.15) is 24.1 Å². The van der Waals surface area contributed by atoms with Gasteiger partial charge in [0.25, 0.3) is 0 Å². The number of amides is 2. The van der Waals surface area contributed by atoms with Crippen LogP contribution in [-0.4, -0.2) is 56.7 Å². The van der Waals surface area contributed by atoms with Crippen LogP contribution in [0.25, 0.3) is 0 Å². The summed E-state index contributed by atoms with van der Waals surface area (Å²) in [4.78, 5) is 28.1. The summed E-state index contributed by atoms with van der Waals surface area (Å²) in [5.41, 5.74) is 0. The molecular weight excluding hydrogens is 292 g/mol. The van der Waals surface area contributed by atoms with E-state index < -0.39 is 18.1 Å².